The van der Waals surface area contributed by atoms with Crippen molar-refractivity contribution >= 4 is 17.4 Å². The van der Waals surface area contributed by atoms with Gasteiger partial charge < -0.3 is 15.8 Å². The third kappa shape index (κ3) is 10.2. The van der Waals surface area contributed by atoms with E-state index in [1.807, 2.05) is 55.5 Å². The van der Waals surface area contributed by atoms with Crippen LogP contribution >= 0.6 is 0 Å². The molecule has 2 atom stereocenters. The number of nitrogens with one attached hydrogen (secondary N) is 1. The zero-order valence-electron chi connectivity index (χ0n) is 26.5. The number of amides is 1. The number of carbonyl (C=O) groups is 2. The van der Waals surface area contributed by atoms with E-state index in [9.17, 15) is 9.59 Å². The summed E-state index contributed by atoms with van der Waals surface area (Å²) in [7, 11) is 1.66. The van der Waals surface area contributed by atoms with Crippen LogP contribution in [-0.4, -0.2) is 24.8 Å². The first-order valence-electron chi connectivity index (χ1n) is 15.4. The lowest BCUT2D eigenvalue weighted by atomic mass is 9.86. The number of Topliss-reactive ketones (excluding diaryl/α,β-unsaturated/α-hetero) is 1. The number of rotatable bonds is 16. The van der Waals surface area contributed by atoms with Crippen LogP contribution < -0.4 is 11.1 Å². The van der Waals surface area contributed by atoms with Gasteiger partial charge in [-0.25, -0.2) is 0 Å². The van der Waals surface area contributed by atoms with Gasteiger partial charge in [-0.2, -0.15) is 0 Å². The van der Waals surface area contributed by atoms with Gasteiger partial charge in [-0.3, -0.25) is 9.59 Å². The Balaban J connectivity index is 1.82. The molecule has 0 aromatic heterocycles. The number of hydrogen-bond acceptors (Lipinski definition) is 4. The highest BCUT2D eigenvalue weighted by Gasteiger charge is 2.20. The highest BCUT2D eigenvalue weighted by atomic mass is 16.5. The molecular formula is C38H48N2O3. The second kappa shape index (κ2) is 17.3. The smallest absolute Gasteiger partial charge is 0.251 e. The largest absolute Gasteiger partial charge is 0.380 e. The molecule has 5 heteroatoms. The van der Waals surface area contributed by atoms with Crippen molar-refractivity contribution in [2.45, 2.75) is 84.8 Å². The van der Waals surface area contributed by atoms with Crippen molar-refractivity contribution in [3.8, 4) is 0 Å². The number of ketones is 1. The summed E-state index contributed by atoms with van der Waals surface area (Å²) in [5.74, 6) is 0.159. The van der Waals surface area contributed by atoms with E-state index >= 15 is 0 Å². The van der Waals surface area contributed by atoms with E-state index in [2.05, 4.69) is 43.4 Å². The maximum Gasteiger partial charge on any atom is 0.251 e. The summed E-state index contributed by atoms with van der Waals surface area (Å²) in [5, 5.41) is 3.08. The lowest BCUT2D eigenvalue weighted by Crippen LogP contribution is -2.33. The minimum absolute atomic E-state index is 0.150. The van der Waals surface area contributed by atoms with E-state index < -0.39 is 6.04 Å². The topological polar surface area (TPSA) is 81.4 Å². The summed E-state index contributed by atoms with van der Waals surface area (Å²) in [6.07, 6.45) is 11.0. The van der Waals surface area contributed by atoms with Crippen molar-refractivity contribution in [1.29, 1.82) is 0 Å². The lowest BCUT2D eigenvalue weighted by Gasteiger charge is -2.20. The fourth-order valence-electron chi connectivity index (χ4n) is 5.56. The quantitative estimate of drug-likeness (QED) is 0.102. The Kier molecular flexibility index (Phi) is 13.6. The molecule has 2 unspecified atom stereocenters. The molecule has 0 saturated carbocycles. The van der Waals surface area contributed by atoms with Crippen molar-refractivity contribution in [3.63, 3.8) is 0 Å². The molecule has 43 heavy (non-hydrogen) atoms. The third-order valence-electron chi connectivity index (χ3n) is 7.90. The van der Waals surface area contributed by atoms with Gasteiger partial charge in [0, 0.05) is 23.9 Å². The number of benzene rings is 3. The van der Waals surface area contributed by atoms with E-state index in [0.717, 1.165) is 48.8 Å². The number of methoxy groups -OCH3 is 1. The van der Waals surface area contributed by atoms with Gasteiger partial charge in [0.05, 0.1) is 12.6 Å². The van der Waals surface area contributed by atoms with Crippen LogP contribution in [0.25, 0.3) is 0 Å². The number of allylic oxidation sites excluding steroid dienone is 3. The number of carbonyl (C=O) groups excluding carboxylic acids is 2. The molecule has 3 aromatic rings. The van der Waals surface area contributed by atoms with Crippen LogP contribution in [0.5, 0.6) is 0 Å². The molecule has 0 fully saturated rings. The fourth-order valence-corrected chi connectivity index (χ4v) is 5.56. The van der Waals surface area contributed by atoms with Gasteiger partial charge in [-0.15, -0.1) is 0 Å². The number of anilines is 1. The van der Waals surface area contributed by atoms with Crippen molar-refractivity contribution in [2.75, 3.05) is 12.4 Å². The molecule has 3 aromatic carbocycles. The minimum Gasteiger partial charge on any atom is -0.380 e. The first-order chi connectivity index (χ1) is 20.8. The second-order valence-electron chi connectivity index (χ2n) is 11.4. The highest BCUT2D eigenvalue weighted by molar-refractivity contribution is 6.06. The highest BCUT2D eigenvalue weighted by Crippen LogP contribution is 2.30. The Hall–Kier alpha value is -3.80. The van der Waals surface area contributed by atoms with Gasteiger partial charge in [0.1, 0.15) is 0 Å². The Morgan fingerprint density at radius 2 is 1.77 bits per heavy atom. The third-order valence-corrected chi connectivity index (χ3v) is 7.90. The second-order valence-corrected chi connectivity index (χ2v) is 11.4. The summed E-state index contributed by atoms with van der Waals surface area (Å²) in [6, 6.07) is 21.5. The Labute approximate surface area is 258 Å². The molecule has 0 radical (unpaired) electrons. The molecule has 0 saturated heterocycles. The normalized spacial score (nSPS) is 13.2. The van der Waals surface area contributed by atoms with Crippen LogP contribution in [-0.2, 0) is 29.0 Å². The molecule has 0 aliphatic rings. The van der Waals surface area contributed by atoms with Gasteiger partial charge in [0.15, 0.2) is 5.78 Å². The maximum atomic E-state index is 13.5. The van der Waals surface area contributed by atoms with Crippen molar-refractivity contribution in [3.05, 3.63) is 124 Å². The molecule has 3 rings (SSSR count). The van der Waals surface area contributed by atoms with Crippen molar-refractivity contribution < 1.29 is 14.3 Å². The standard InChI is InChI=1S/C38H48N2O3/c1-6-8-14-28(4)38(42)40-36-25-33(37(41)35(39)24-29-16-11-17-30(23-29)26-43-5)22-21-32(36)19-12-18-31(13-7-2)34-20-10-9-15-27(34)3/h6,8-11,14-17,20-23,25,31,35H,7,12-13,18-19,24,26,39H2,1-5H3,(H,40,42). The van der Waals surface area contributed by atoms with E-state index in [1.54, 1.807) is 26.2 Å². The summed E-state index contributed by atoms with van der Waals surface area (Å²) in [5.41, 5.74) is 14.0. The first kappa shape index (κ1) is 33.7. The van der Waals surface area contributed by atoms with E-state index in [-0.39, 0.29) is 11.7 Å². The number of nitrogens with two attached hydrogens (primary N) is 1. The van der Waals surface area contributed by atoms with E-state index in [1.165, 1.54) is 11.1 Å². The number of aryl methyl sites for hydroxylation is 2. The van der Waals surface area contributed by atoms with E-state index in [0.29, 0.717) is 35.8 Å². The van der Waals surface area contributed by atoms with Gasteiger partial charge in [0.2, 0.25) is 0 Å². The van der Waals surface area contributed by atoms with Crippen molar-refractivity contribution in [1.82, 2.24) is 0 Å². The van der Waals surface area contributed by atoms with Crippen LogP contribution in [0.4, 0.5) is 5.69 Å². The molecule has 1 amide bonds. The molecule has 0 spiro atoms. The Morgan fingerprint density at radius 1 is 1.00 bits per heavy atom. The molecule has 3 N–H and O–H groups in total. The summed E-state index contributed by atoms with van der Waals surface area (Å²) in [6.45, 7) is 8.63. The summed E-state index contributed by atoms with van der Waals surface area (Å²) >= 11 is 0. The minimum atomic E-state index is -0.701. The Morgan fingerprint density at radius 3 is 2.49 bits per heavy atom. The van der Waals surface area contributed by atoms with Crippen molar-refractivity contribution in [2.24, 2.45) is 5.73 Å². The molecule has 0 aliphatic heterocycles. The summed E-state index contributed by atoms with van der Waals surface area (Å²) < 4.78 is 5.24. The monoisotopic (exact) mass is 580 g/mol. The van der Waals surface area contributed by atoms with E-state index in [4.69, 9.17) is 10.5 Å². The zero-order chi connectivity index (χ0) is 31.2. The predicted octanol–water partition coefficient (Wildman–Crippen LogP) is 8.26. The number of hydrogen-bond donors (Lipinski definition) is 2. The molecule has 0 bridgehead atoms. The fraction of sp³-hybridized carbons (Fsp3) is 0.368. The zero-order valence-corrected chi connectivity index (χ0v) is 26.5. The maximum absolute atomic E-state index is 13.5. The Bertz CT molecular complexity index is 1420. The van der Waals surface area contributed by atoms with Crippen LogP contribution in [0.3, 0.4) is 0 Å². The molecular weight excluding hydrogens is 532 g/mol. The summed E-state index contributed by atoms with van der Waals surface area (Å²) in [4.78, 5) is 26.5. The van der Waals surface area contributed by atoms with Gasteiger partial charge in [-0.1, -0.05) is 92.2 Å². The molecule has 0 heterocycles. The van der Waals surface area contributed by atoms with Crippen LogP contribution in [0.2, 0.25) is 0 Å². The van der Waals surface area contributed by atoms with Gasteiger partial charge in [-0.05, 0) is 92.7 Å². The SMILES string of the molecule is CC=CC=C(C)C(=O)Nc1cc(C(=O)C(N)Cc2cccc(COC)c2)ccc1CCCC(CCC)c1ccccc1C. The average Bonchev–Trinajstić information content (AvgIpc) is 3.00. The van der Waals surface area contributed by atoms with Crippen LogP contribution in [0.15, 0.2) is 90.5 Å². The average molecular weight is 581 g/mol. The van der Waals surface area contributed by atoms with Crippen LogP contribution in [0, 0.1) is 6.92 Å². The van der Waals surface area contributed by atoms with Gasteiger partial charge >= 0.3 is 0 Å². The predicted molar refractivity (Wildman–Crippen MR) is 179 cm³/mol. The first-order valence-corrected chi connectivity index (χ1v) is 15.4. The van der Waals surface area contributed by atoms with Gasteiger partial charge in [0.25, 0.3) is 5.91 Å². The molecule has 5 nitrogen and oxygen atoms in total. The van der Waals surface area contributed by atoms with Crippen LogP contribution in [0.1, 0.15) is 90.5 Å². The lowest BCUT2D eigenvalue weighted by molar-refractivity contribution is -0.112. The molecule has 228 valence electrons. The number of ether oxygens (including phenoxy) is 1. The molecule has 0 aliphatic carbocycles.